The molecule has 1 heteroatoms. The Balaban J connectivity index is 1.91. The van der Waals surface area contributed by atoms with E-state index in [4.69, 9.17) is 0 Å². The zero-order valence-electron chi connectivity index (χ0n) is 13.3. The minimum atomic E-state index is 0.436. The number of hydrogen-bond donors (Lipinski definition) is 0. The quantitative estimate of drug-likeness (QED) is 0.723. The molecule has 0 radical (unpaired) electrons. The summed E-state index contributed by atoms with van der Waals surface area (Å²) in [6, 6.07) is 17.6. The minimum Gasteiger partial charge on any atom is -0.300 e. The van der Waals surface area contributed by atoms with Crippen LogP contribution in [0.2, 0.25) is 0 Å². The molecule has 0 spiro atoms. The Morgan fingerprint density at radius 3 is 2.41 bits per heavy atom. The molecule has 0 bridgehead atoms. The number of benzene rings is 2. The zero-order valence-corrected chi connectivity index (χ0v) is 13.3. The fourth-order valence-electron chi connectivity index (χ4n) is 3.52. The van der Waals surface area contributed by atoms with Crippen molar-refractivity contribution in [3.05, 3.63) is 59.7 Å². The number of aryl methyl sites for hydroxylation is 1. The highest BCUT2D eigenvalue weighted by Gasteiger charge is 2.20. The summed E-state index contributed by atoms with van der Waals surface area (Å²) in [5.74, 6) is 1.00. The zero-order chi connectivity index (χ0) is 15.4. The Hall–Kier alpha value is -1.89. The van der Waals surface area contributed by atoms with Gasteiger partial charge in [0, 0.05) is 12.8 Å². The van der Waals surface area contributed by atoms with Crippen LogP contribution in [0.1, 0.15) is 56.1 Å². The van der Waals surface area contributed by atoms with Crippen LogP contribution in [0.15, 0.2) is 48.5 Å². The number of carbonyl (C=O) groups is 1. The second kappa shape index (κ2) is 6.91. The van der Waals surface area contributed by atoms with Gasteiger partial charge in [-0.05, 0) is 47.4 Å². The first-order chi connectivity index (χ1) is 10.8. The minimum absolute atomic E-state index is 0.436. The molecule has 1 aliphatic carbocycles. The van der Waals surface area contributed by atoms with Crippen LogP contribution in [-0.4, -0.2) is 5.78 Å². The van der Waals surface area contributed by atoms with E-state index in [1.807, 2.05) is 0 Å². The lowest BCUT2D eigenvalue weighted by molar-refractivity contribution is -0.120. The summed E-state index contributed by atoms with van der Waals surface area (Å²) in [4.78, 5) is 11.4. The Labute approximate surface area is 133 Å². The molecule has 0 aliphatic heterocycles. The van der Waals surface area contributed by atoms with Crippen LogP contribution >= 0.6 is 0 Å². The van der Waals surface area contributed by atoms with E-state index < -0.39 is 0 Å². The van der Waals surface area contributed by atoms with Gasteiger partial charge in [-0.1, -0.05) is 61.9 Å². The van der Waals surface area contributed by atoms with Crippen LogP contribution in [0.3, 0.4) is 0 Å². The van der Waals surface area contributed by atoms with Crippen molar-refractivity contribution >= 4 is 5.78 Å². The molecule has 2 aromatic rings. The van der Waals surface area contributed by atoms with Crippen molar-refractivity contribution in [1.29, 1.82) is 0 Å². The summed E-state index contributed by atoms with van der Waals surface area (Å²) < 4.78 is 0. The maximum Gasteiger partial charge on any atom is 0.132 e. The van der Waals surface area contributed by atoms with E-state index >= 15 is 0 Å². The maximum atomic E-state index is 11.4. The fraction of sp³-hybridized carbons (Fsp3) is 0.381. The van der Waals surface area contributed by atoms with Crippen molar-refractivity contribution in [3.8, 4) is 11.1 Å². The lowest BCUT2D eigenvalue weighted by Gasteiger charge is -2.23. The molecular formula is C21H24O. The van der Waals surface area contributed by atoms with E-state index in [1.165, 1.54) is 22.3 Å². The molecule has 1 saturated carbocycles. The predicted molar refractivity (Wildman–Crippen MR) is 92.1 cm³/mol. The van der Waals surface area contributed by atoms with Gasteiger partial charge in [0.1, 0.15) is 5.78 Å². The molecule has 0 aromatic heterocycles. The molecule has 0 N–H and O–H groups in total. The second-order valence-electron chi connectivity index (χ2n) is 6.35. The summed E-state index contributed by atoms with van der Waals surface area (Å²) in [5, 5.41) is 0. The van der Waals surface area contributed by atoms with Gasteiger partial charge in [-0.25, -0.2) is 0 Å². The van der Waals surface area contributed by atoms with E-state index in [-0.39, 0.29) is 0 Å². The van der Waals surface area contributed by atoms with Crippen LogP contribution < -0.4 is 0 Å². The third kappa shape index (κ3) is 3.30. The molecule has 0 unspecified atom stereocenters. The molecule has 1 aliphatic rings. The van der Waals surface area contributed by atoms with Crippen molar-refractivity contribution < 1.29 is 4.79 Å². The van der Waals surface area contributed by atoms with E-state index in [2.05, 4.69) is 55.5 Å². The van der Waals surface area contributed by atoms with Gasteiger partial charge in [-0.15, -0.1) is 0 Å². The fourth-order valence-corrected chi connectivity index (χ4v) is 3.52. The van der Waals surface area contributed by atoms with E-state index in [9.17, 15) is 4.79 Å². The van der Waals surface area contributed by atoms with Crippen molar-refractivity contribution in [3.63, 3.8) is 0 Å². The number of ketones is 1. The SMILES string of the molecule is CCCc1cc(C2CCC(=O)CC2)ccc1-c1ccccc1. The molecule has 1 nitrogen and oxygen atoms in total. The highest BCUT2D eigenvalue weighted by Crippen LogP contribution is 2.34. The van der Waals surface area contributed by atoms with Gasteiger partial charge in [0.2, 0.25) is 0 Å². The molecule has 114 valence electrons. The molecule has 0 atom stereocenters. The smallest absolute Gasteiger partial charge is 0.132 e. The highest BCUT2D eigenvalue weighted by molar-refractivity contribution is 5.79. The average molecular weight is 292 g/mol. The largest absolute Gasteiger partial charge is 0.300 e. The van der Waals surface area contributed by atoms with Crippen LogP contribution in [0, 0.1) is 0 Å². The summed E-state index contributed by atoms with van der Waals surface area (Å²) >= 11 is 0. The van der Waals surface area contributed by atoms with E-state index in [0.717, 1.165) is 38.5 Å². The molecule has 0 amide bonds. The maximum absolute atomic E-state index is 11.4. The topological polar surface area (TPSA) is 17.1 Å². The van der Waals surface area contributed by atoms with E-state index in [1.54, 1.807) is 0 Å². The molecule has 2 aromatic carbocycles. The van der Waals surface area contributed by atoms with Crippen LogP contribution in [0.4, 0.5) is 0 Å². The van der Waals surface area contributed by atoms with E-state index in [0.29, 0.717) is 11.7 Å². The lowest BCUT2D eigenvalue weighted by atomic mass is 9.82. The molecule has 0 saturated heterocycles. The summed E-state index contributed by atoms with van der Waals surface area (Å²) in [6.45, 7) is 2.24. The normalized spacial score (nSPS) is 16.0. The molecule has 1 fully saturated rings. The van der Waals surface area contributed by atoms with Crippen LogP contribution in [-0.2, 0) is 11.2 Å². The third-order valence-electron chi connectivity index (χ3n) is 4.75. The van der Waals surface area contributed by atoms with Gasteiger partial charge in [0.05, 0.1) is 0 Å². The first-order valence-electron chi connectivity index (χ1n) is 8.48. The second-order valence-corrected chi connectivity index (χ2v) is 6.35. The number of carbonyl (C=O) groups excluding carboxylic acids is 1. The Morgan fingerprint density at radius 2 is 1.73 bits per heavy atom. The summed E-state index contributed by atoms with van der Waals surface area (Å²) in [5.41, 5.74) is 5.54. The van der Waals surface area contributed by atoms with Gasteiger partial charge < -0.3 is 0 Å². The van der Waals surface area contributed by atoms with Crippen molar-refractivity contribution in [2.24, 2.45) is 0 Å². The summed E-state index contributed by atoms with van der Waals surface area (Å²) in [6.07, 6.45) is 5.84. The highest BCUT2D eigenvalue weighted by atomic mass is 16.1. The van der Waals surface area contributed by atoms with Crippen LogP contribution in [0.5, 0.6) is 0 Å². The average Bonchev–Trinajstić information content (AvgIpc) is 2.57. The Morgan fingerprint density at radius 1 is 1.00 bits per heavy atom. The molecule has 3 rings (SSSR count). The van der Waals surface area contributed by atoms with Gasteiger partial charge in [0.25, 0.3) is 0 Å². The number of hydrogen-bond acceptors (Lipinski definition) is 1. The van der Waals surface area contributed by atoms with Crippen molar-refractivity contribution in [2.75, 3.05) is 0 Å². The number of rotatable bonds is 4. The standard InChI is InChI=1S/C21H24O/c1-2-6-19-15-18(16-9-12-20(22)13-10-16)11-14-21(19)17-7-4-3-5-8-17/h3-5,7-8,11,14-16H,2,6,9-10,12-13H2,1H3. The first-order valence-corrected chi connectivity index (χ1v) is 8.48. The molecule has 22 heavy (non-hydrogen) atoms. The summed E-state index contributed by atoms with van der Waals surface area (Å²) in [7, 11) is 0. The van der Waals surface area contributed by atoms with Crippen molar-refractivity contribution in [1.82, 2.24) is 0 Å². The number of Topliss-reactive ketones (excluding diaryl/α,β-unsaturated/α-hetero) is 1. The Bertz CT molecular complexity index is 632. The van der Waals surface area contributed by atoms with Gasteiger partial charge in [-0.2, -0.15) is 0 Å². The predicted octanol–water partition coefficient (Wildman–Crippen LogP) is 5.53. The van der Waals surface area contributed by atoms with Gasteiger partial charge >= 0.3 is 0 Å². The molecule has 0 heterocycles. The van der Waals surface area contributed by atoms with Crippen LogP contribution in [0.25, 0.3) is 11.1 Å². The Kier molecular flexibility index (Phi) is 4.72. The van der Waals surface area contributed by atoms with Crippen molar-refractivity contribution in [2.45, 2.75) is 51.4 Å². The monoisotopic (exact) mass is 292 g/mol. The third-order valence-corrected chi connectivity index (χ3v) is 4.75. The van der Waals surface area contributed by atoms with Gasteiger partial charge in [0.15, 0.2) is 0 Å². The molecular weight excluding hydrogens is 268 g/mol. The van der Waals surface area contributed by atoms with Gasteiger partial charge in [-0.3, -0.25) is 4.79 Å². The first kappa shape index (κ1) is 15.0. The lowest BCUT2D eigenvalue weighted by Crippen LogP contribution is -2.12.